The van der Waals surface area contributed by atoms with Gasteiger partial charge >= 0.3 is 0 Å². The fourth-order valence-electron chi connectivity index (χ4n) is 3.55. The number of fused-ring (bicyclic) bond motifs is 2. The lowest BCUT2D eigenvalue weighted by molar-refractivity contribution is 0.714. The average Bonchev–Trinajstić information content (AvgIpc) is 3.11. The minimum Gasteiger partial charge on any atom is -0.361 e. The van der Waals surface area contributed by atoms with Gasteiger partial charge < -0.3 is 4.85 Å². The van der Waals surface area contributed by atoms with Crippen LogP contribution in [-0.2, 0) is 6.54 Å². The minimum atomic E-state index is 0.383. The summed E-state index contributed by atoms with van der Waals surface area (Å²) in [5.41, 5.74) is 4.02. The van der Waals surface area contributed by atoms with Crippen LogP contribution in [0.5, 0.6) is 0 Å². The van der Waals surface area contributed by atoms with Crippen molar-refractivity contribution in [3.8, 4) is 11.3 Å². The second-order valence-electron chi connectivity index (χ2n) is 6.73. The molecule has 28 heavy (non-hydrogen) atoms. The molecule has 0 aliphatic carbocycles. The van der Waals surface area contributed by atoms with Crippen LogP contribution >= 0.6 is 0 Å². The second kappa shape index (κ2) is 6.64. The van der Waals surface area contributed by atoms with E-state index in [2.05, 4.69) is 52.3 Å². The summed E-state index contributed by atoms with van der Waals surface area (Å²) in [6.45, 7) is 7.98. The van der Waals surface area contributed by atoms with E-state index in [1.807, 2.05) is 41.1 Å². The molecule has 0 aliphatic rings. The molecule has 0 fully saturated rings. The summed E-state index contributed by atoms with van der Waals surface area (Å²) in [6, 6.07) is 26.7. The monoisotopic (exact) mass is 360 g/mol. The van der Waals surface area contributed by atoms with Gasteiger partial charge in [-0.3, -0.25) is 4.68 Å². The first-order valence-corrected chi connectivity index (χ1v) is 9.09. The molecule has 0 unspecified atom stereocenters. The van der Waals surface area contributed by atoms with Gasteiger partial charge in [-0.25, -0.2) is 0 Å². The Labute approximate surface area is 162 Å². The number of pyridine rings is 1. The van der Waals surface area contributed by atoms with E-state index < -0.39 is 0 Å². The zero-order valence-electron chi connectivity index (χ0n) is 15.1. The van der Waals surface area contributed by atoms with Crippen molar-refractivity contribution in [2.45, 2.75) is 6.54 Å². The Morgan fingerprint density at radius 3 is 2.46 bits per heavy atom. The quantitative estimate of drug-likeness (QED) is 0.378. The van der Waals surface area contributed by atoms with Crippen molar-refractivity contribution in [1.82, 2.24) is 14.8 Å². The largest absolute Gasteiger partial charge is 0.361 e. The van der Waals surface area contributed by atoms with E-state index in [1.54, 1.807) is 6.20 Å². The molecule has 0 aliphatic heterocycles. The number of rotatable bonds is 3. The third-order valence-electron chi connectivity index (χ3n) is 4.94. The maximum Gasteiger partial charge on any atom is 0.270 e. The number of hydrogen-bond acceptors (Lipinski definition) is 2. The van der Waals surface area contributed by atoms with Crippen LogP contribution in [0.1, 0.15) is 5.56 Å². The molecular formula is C24H16N4. The highest BCUT2D eigenvalue weighted by molar-refractivity contribution is 5.97. The van der Waals surface area contributed by atoms with Crippen molar-refractivity contribution >= 4 is 27.5 Å². The van der Waals surface area contributed by atoms with E-state index in [0.717, 1.165) is 22.2 Å². The SMILES string of the molecule is [C-]#[N+]c1cc2c(-c3ccc4ccccc4c3)nn(Cc3ccccc3)c2cn1. The summed E-state index contributed by atoms with van der Waals surface area (Å²) in [6.07, 6.45) is 1.75. The summed E-state index contributed by atoms with van der Waals surface area (Å²) in [5.74, 6) is 0.383. The lowest BCUT2D eigenvalue weighted by Gasteiger charge is -2.03. The Kier molecular flexibility index (Phi) is 3.85. The van der Waals surface area contributed by atoms with E-state index in [4.69, 9.17) is 11.7 Å². The zero-order valence-corrected chi connectivity index (χ0v) is 15.1. The smallest absolute Gasteiger partial charge is 0.270 e. The van der Waals surface area contributed by atoms with Gasteiger partial charge in [0.15, 0.2) is 0 Å². The molecule has 5 aromatic rings. The first-order valence-electron chi connectivity index (χ1n) is 9.09. The highest BCUT2D eigenvalue weighted by Gasteiger charge is 2.15. The molecule has 132 valence electrons. The highest BCUT2D eigenvalue weighted by atomic mass is 15.3. The maximum atomic E-state index is 7.32. The molecule has 0 saturated carbocycles. The average molecular weight is 360 g/mol. The van der Waals surface area contributed by atoms with Crippen LogP contribution in [0.3, 0.4) is 0 Å². The molecule has 4 nitrogen and oxygen atoms in total. The van der Waals surface area contributed by atoms with E-state index in [0.29, 0.717) is 12.4 Å². The zero-order chi connectivity index (χ0) is 18.9. The van der Waals surface area contributed by atoms with Gasteiger partial charge in [0.2, 0.25) is 0 Å². The van der Waals surface area contributed by atoms with Gasteiger partial charge in [-0.2, -0.15) is 5.10 Å². The molecule has 2 aromatic heterocycles. The van der Waals surface area contributed by atoms with Gasteiger partial charge in [-0.15, -0.1) is 4.98 Å². The van der Waals surface area contributed by atoms with Crippen molar-refractivity contribution < 1.29 is 0 Å². The van der Waals surface area contributed by atoms with Gasteiger partial charge in [-0.1, -0.05) is 73.3 Å². The molecule has 3 aromatic carbocycles. The molecule has 0 spiro atoms. The fourth-order valence-corrected chi connectivity index (χ4v) is 3.55. The summed E-state index contributed by atoms with van der Waals surface area (Å²) >= 11 is 0. The molecule has 0 radical (unpaired) electrons. The Hall–Kier alpha value is -3.97. The summed E-state index contributed by atoms with van der Waals surface area (Å²) in [7, 11) is 0. The first kappa shape index (κ1) is 16.2. The van der Waals surface area contributed by atoms with E-state index in [9.17, 15) is 0 Å². The Morgan fingerprint density at radius 1 is 0.857 bits per heavy atom. The van der Waals surface area contributed by atoms with E-state index in [1.165, 1.54) is 16.3 Å². The first-order chi connectivity index (χ1) is 13.8. The molecule has 5 rings (SSSR count). The molecule has 0 atom stereocenters. The standard InChI is InChI=1S/C24H16N4/c1-25-23-14-21-22(15-26-23)28(16-17-7-3-2-4-8-17)27-24(21)20-12-11-18-9-5-6-10-19(18)13-20/h2-15H,16H2. The van der Waals surface area contributed by atoms with Crippen LogP contribution in [0.25, 0.3) is 37.8 Å². The van der Waals surface area contributed by atoms with Crippen LogP contribution in [0, 0.1) is 6.57 Å². The van der Waals surface area contributed by atoms with Gasteiger partial charge in [0.25, 0.3) is 5.82 Å². The maximum absolute atomic E-state index is 7.32. The fraction of sp³-hybridized carbons (Fsp3) is 0.0417. The van der Waals surface area contributed by atoms with Crippen molar-refractivity contribution in [3.63, 3.8) is 0 Å². The third-order valence-corrected chi connectivity index (χ3v) is 4.94. The Balaban J connectivity index is 1.71. The topological polar surface area (TPSA) is 35.1 Å². The third kappa shape index (κ3) is 2.80. The second-order valence-corrected chi connectivity index (χ2v) is 6.73. The number of benzene rings is 3. The molecule has 0 N–H and O–H groups in total. The van der Waals surface area contributed by atoms with Crippen molar-refractivity contribution in [2.24, 2.45) is 0 Å². The summed E-state index contributed by atoms with van der Waals surface area (Å²) < 4.78 is 1.97. The van der Waals surface area contributed by atoms with Gasteiger partial charge in [-0.05, 0) is 28.5 Å². The lowest BCUT2D eigenvalue weighted by Crippen LogP contribution is -2.01. The molecule has 2 heterocycles. The molecule has 0 saturated heterocycles. The Bertz CT molecular complexity index is 1340. The van der Waals surface area contributed by atoms with Crippen LogP contribution in [0.4, 0.5) is 5.82 Å². The number of nitrogens with zero attached hydrogens (tertiary/aromatic N) is 4. The van der Waals surface area contributed by atoms with Crippen molar-refractivity contribution in [2.75, 3.05) is 0 Å². The molecule has 4 heteroatoms. The van der Waals surface area contributed by atoms with Crippen LogP contribution in [0.2, 0.25) is 0 Å². The molecule has 0 bridgehead atoms. The van der Waals surface area contributed by atoms with E-state index >= 15 is 0 Å². The predicted octanol–water partition coefficient (Wildman–Crippen LogP) is 5.85. The number of aromatic nitrogens is 3. The van der Waals surface area contributed by atoms with Crippen LogP contribution < -0.4 is 0 Å². The normalized spacial score (nSPS) is 11.0. The highest BCUT2D eigenvalue weighted by Crippen LogP contribution is 2.32. The van der Waals surface area contributed by atoms with Gasteiger partial charge in [0, 0.05) is 10.9 Å². The Morgan fingerprint density at radius 2 is 1.64 bits per heavy atom. The summed E-state index contributed by atoms with van der Waals surface area (Å²) in [5, 5.41) is 8.23. The van der Waals surface area contributed by atoms with E-state index in [-0.39, 0.29) is 0 Å². The van der Waals surface area contributed by atoms with Crippen LogP contribution in [-0.4, -0.2) is 14.8 Å². The van der Waals surface area contributed by atoms with Crippen molar-refractivity contribution in [1.29, 1.82) is 0 Å². The molecular weight excluding hydrogens is 344 g/mol. The lowest BCUT2D eigenvalue weighted by atomic mass is 10.0. The molecule has 0 amide bonds. The predicted molar refractivity (Wildman–Crippen MR) is 112 cm³/mol. The van der Waals surface area contributed by atoms with Gasteiger partial charge in [0.05, 0.1) is 12.2 Å². The summed E-state index contributed by atoms with van der Waals surface area (Å²) in [4.78, 5) is 7.77. The number of hydrogen-bond donors (Lipinski definition) is 0. The van der Waals surface area contributed by atoms with Gasteiger partial charge in [0.1, 0.15) is 11.7 Å². The minimum absolute atomic E-state index is 0.383. The van der Waals surface area contributed by atoms with Crippen LogP contribution in [0.15, 0.2) is 85.1 Å². The van der Waals surface area contributed by atoms with Crippen molar-refractivity contribution in [3.05, 3.63) is 102 Å².